The molecule has 0 aromatic heterocycles. The van der Waals surface area contributed by atoms with E-state index in [0.29, 0.717) is 12.0 Å². The van der Waals surface area contributed by atoms with Crippen molar-refractivity contribution in [2.75, 3.05) is 20.6 Å². The SMILES string of the molecule is C/C=C(\C)[C@H]1OC(=O)[C@@H](C)NC(=O)[C@H]([C@@H](C)CC)NC(=O)CN(C)C(=O)C(Cc2ccccc2)N(C)C(=O)[C@H](C)NC(=O)[C@@H](CC(C)C)OC(=O)/C(C)=C\C[C@H](O)[C@@H]1C. The number of likely N-dealkylation sites (N-methyl/N-ethyl adjacent to an activating group) is 2. The number of allylic oxidation sites excluding steroid dienone is 1. The molecule has 2 rings (SSSR count). The lowest BCUT2D eigenvalue weighted by Crippen LogP contribution is -2.57. The average molecular weight is 826 g/mol. The van der Waals surface area contributed by atoms with E-state index in [-0.39, 0.29) is 36.7 Å². The van der Waals surface area contributed by atoms with Crippen LogP contribution < -0.4 is 16.0 Å². The minimum Gasteiger partial charge on any atom is -0.456 e. The standard InChI is InChI=1S/C44H67N5O10/c1-13-26(5)37-40(53)46-31(10)44(57)59-38(27(6)14-2)29(8)34(50)21-20-28(7)43(56)58-35(22-25(3)4)39(52)45-30(9)41(54)49(12)33(23-32-18-16-15-17-19-32)42(55)48(11)24-36(51)47-37/h14-20,25-26,29-31,33-35,37-38,50H,13,21-24H2,1-12H3,(H,45,52)(H,46,53)(H,47,51)/b27-14+,28-20-/t26-,29-,30-,31+,33?,34-,35+,37-,38+/m0/s1. The first kappa shape index (κ1) is 50.1. The molecular formula is C44H67N5O10. The van der Waals surface area contributed by atoms with Gasteiger partial charge in [0, 0.05) is 32.0 Å². The summed E-state index contributed by atoms with van der Waals surface area (Å²) in [6.45, 7) is 16.5. The van der Waals surface area contributed by atoms with Gasteiger partial charge < -0.3 is 40.3 Å². The maximum absolute atomic E-state index is 14.1. The Morgan fingerprint density at radius 2 is 1.51 bits per heavy atom. The van der Waals surface area contributed by atoms with Crippen LogP contribution in [0.4, 0.5) is 0 Å². The van der Waals surface area contributed by atoms with E-state index in [1.54, 1.807) is 58.0 Å². The molecular weight excluding hydrogens is 759 g/mol. The Balaban J connectivity index is 2.62. The minimum absolute atomic E-state index is 0.0211. The Morgan fingerprint density at radius 1 is 0.898 bits per heavy atom. The number of carbonyl (C=O) groups is 7. The molecule has 9 atom stereocenters. The van der Waals surface area contributed by atoms with E-state index in [1.165, 1.54) is 50.7 Å². The molecule has 0 radical (unpaired) electrons. The fraction of sp³-hybridized carbons (Fsp3) is 0.614. The number of hydrogen-bond acceptors (Lipinski definition) is 10. The highest BCUT2D eigenvalue weighted by Crippen LogP contribution is 2.24. The lowest BCUT2D eigenvalue weighted by atomic mass is 9.90. The molecule has 15 heteroatoms. The molecule has 1 aliphatic heterocycles. The lowest BCUT2D eigenvalue weighted by Gasteiger charge is -2.33. The van der Waals surface area contributed by atoms with E-state index in [9.17, 15) is 38.7 Å². The number of aliphatic hydroxyl groups is 1. The van der Waals surface area contributed by atoms with Crippen LogP contribution in [0, 0.1) is 17.8 Å². The van der Waals surface area contributed by atoms with Crippen LogP contribution in [0.25, 0.3) is 0 Å². The predicted molar refractivity (Wildman–Crippen MR) is 223 cm³/mol. The van der Waals surface area contributed by atoms with Crippen molar-refractivity contribution in [1.29, 1.82) is 0 Å². The number of nitrogens with zero attached hydrogens (tertiary/aromatic N) is 2. The Morgan fingerprint density at radius 3 is 2.08 bits per heavy atom. The largest absolute Gasteiger partial charge is 0.456 e. The monoisotopic (exact) mass is 825 g/mol. The number of benzene rings is 1. The molecule has 0 saturated carbocycles. The number of rotatable bonds is 7. The van der Waals surface area contributed by atoms with Crippen molar-refractivity contribution in [2.24, 2.45) is 17.8 Å². The molecule has 0 spiro atoms. The number of carbonyl (C=O) groups excluding carboxylic acids is 7. The third-order valence-electron chi connectivity index (χ3n) is 10.8. The summed E-state index contributed by atoms with van der Waals surface area (Å²) in [4.78, 5) is 98.0. The van der Waals surface area contributed by atoms with Gasteiger partial charge in [-0.15, -0.1) is 0 Å². The van der Waals surface area contributed by atoms with E-state index in [2.05, 4.69) is 16.0 Å². The van der Waals surface area contributed by atoms with Crippen LogP contribution in [0.1, 0.15) is 94.1 Å². The van der Waals surface area contributed by atoms with Crippen LogP contribution >= 0.6 is 0 Å². The number of ether oxygens (including phenoxy) is 2. The molecule has 15 nitrogen and oxygen atoms in total. The Hall–Kier alpha value is -5.05. The zero-order valence-electron chi connectivity index (χ0n) is 36.9. The molecule has 328 valence electrons. The average Bonchev–Trinajstić information content (AvgIpc) is 3.20. The first-order valence-electron chi connectivity index (χ1n) is 20.5. The second kappa shape index (κ2) is 23.5. The van der Waals surface area contributed by atoms with Gasteiger partial charge in [0.2, 0.25) is 23.6 Å². The summed E-state index contributed by atoms with van der Waals surface area (Å²) in [5.41, 5.74) is 1.51. The number of aliphatic hydroxyl groups excluding tert-OH is 1. The van der Waals surface area contributed by atoms with E-state index in [1.807, 2.05) is 26.8 Å². The number of nitrogens with one attached hydrogen (secondary N) is 3. The summed E-state index contributed by atoms with van der Waals surface area (Å²) in [5.74, 6) is -5.83. The molecule has 0 saturated heterocycles. The predicted octanol–water partition coefficient (Wildman–Crippen LogP) is 3.24. The van der Waals surface area contributed by atoms with Crippen LogP contribution in [0.15, 0.2) is 53.6 Å². The molecule has 0 fully saturated rings. The Bertz CT molecular complexity index is 1700. The second-order valence-corrected chi connectivity index (χ2v) is 16.2. The maximum atomic E-state index is 14.1. The Labute approximate surface area is 349 Å². The van der Waals surface area contributed by atoms with Gasteiger partial charge in [0.15, 0.2) is 6.10 Å². The molecule has 5 amide bonds. The van der Waals surface area contributed by atoms with Gasteiger partial charge >= 0.3 is 11.9 Å². The first-order chi connectivity index (χ1) is 27.6. The second-order valence-electron chi connectivity index (χ2n) is 16.2. The van der Waals surface area contributed by atoms with E-state index in [4.69, 9.17) is 9.47 Å². The molecule has 1 heterocycles. The fourth-order valence-corrected chi connectivity index (χ4v) is 6.55. The molecule has 59 heavy (non-hydrogen) atoms. The summed E-state index contributed by atoms with van der Waals surface area (Å²) in [6.07, 6.45) is 0.687. The van der Waals surface area contributed by atoms with Crippen LogP contribution in [0.2, 0.25) is 0 Å². The van der Waals surface area contributed by atoms with Gasteiger partial charge in [0.05, 0.1) is 12.6 Å². The number of hydrogen-bond donors (Lipinski definition) is 4. The highest BCUT2D eigenvalue weighted by Gasteiger charge is 2.36. The van der Waals surface area contributed by atoms with Crippen LogP contribution in [0.5, 0.6) is 0 Å². The van der Waals surface area contributed by atoms with Crippen molar-refractivity contribution >= 4 is 41.5 Å². The summed E-state index contributed by atoms with van der Waals surface area (Å²) in [6, 6.07) is 4.53. The van der Waals surface area contributed by atoms with Gasteiger partial charge in [0.25, 0.3) is 5.91 Å². The van der Waals surface area contributed by atoms with Crippen LogP contribution in [-0.2, 0) is 49.5 Å². The third-order valence-corrected chi connectivity index (χ3v) is 10.8. The fourth-order valence-electron chi connectivity index (χ4n) is 6.55. The molecule has 1 aliphatic rings. The summed E-state index contributed by atoms with van der Waals surface area (Å²) >= 11 is 0. The molecule has 4 N–H and O–H groups in total. The topological polar surface area (TPSA) is 201 Å². The zero-order chi connectivity index (χ0) is 44.7. The van der Waals surface area contributed by atoms with Gasteiger partial charge in [-0.05, 0) is 70.4 Å². The van der Waals surface area contributed by atoms with Crippen molar-refractivity contribution < 1.29 is 48.1 Å². The summed E-state index contributed by atoms with van der Waals surface area (Å²) in [7, 11) is 2.85. The minimum atomic E-state index is -1.26. The number of esters is 2. The van der Waals surface area contributed by atoms with Gasteiger partial charge in [-0.2, -0.15) is 0 Å². The van der Waals surface area contributed by atoms with Crippen molar-refractivity contribution in [1.82, 2.24) is 25.8 Å². The molecule has 0 bridgehead atoms. The number of amides is 5. The van der Waals surface area contributed by atoms with Gasteiger partial charge in [0.1, 0.15) is 30.3 Å². The lowest BCUT2D eigenvalue weighted by molar-refractivity contribution is -0.155. The first-order valence-corrected chi connectivity index (χ1v) is 20.5. The summed E-state index contributed by atoms with van der Waals surface area (Å²) < 4.78 is 11.5. The van der Waals surface area contributed by atoms with Crippen molar-refractivity contribution in [3.05, 3.63) is 59.2 Å². The third kappa shape index (κ3) is 14.9. The van der Waals surface area contributed by atoms with Crippen molar-refractivity contribution in [3.8, 4) is 0 Å². The van der Waals surface area contributed by atoms with E-state index < -0.39 is 96.4 Å². The maximum Gasteiger partial charge on any atom is 0.334 e. The number of cyclic esters (lactones) is 2. The molecule has 1 unspecified atom stereocenters. The highest BCUT2D eigenvalue weighted by atomic mass is 16.6. The quantitative estimate of drug-likeness (QED) is 0.234. The van der Waals surface area contributed by atoms with Crippen molar-refractivity contribution in [3.63, 3.8) is 0 Å². The normalized spacial score (nSPS) is 28.8. The molecule has 1 aromatic rings. The van der Waals surface area contributed by atoms with Crippen LogP contribution in [0.3, 0.4) is 0 Å². The van der Waals surface area contributed by atoms with Crippen molar-refractivity contribution in [2.45, 2.75) is 137 Å². The highest BCUT2D eigenvalue weighted by molar-refractivity contribution is 5.96. The van der Waals surface area contributed by atoms with Crippen LogP contribution in [-0.4, -0.2) is 120 Å². The smallest absolute Gasteiger partial charge is 0.334 e. The van der Waals surface area contributed by atoms with Gasteiger partial charge in [-0.3, -0.25) is 24.0 Å². The van der Waals surface area contributed by atoms with E-state index in [0.717, 1.165) is 5.56 Å². The van der Waals surface area contributed by atoms with Gasteiger partial charge in [-0.1, -0.05) is 83.5 Å². The zero-order valence-corrected chi connectivity index (χ0v) is 36.9. The molecule has 1 aromatic carbocycles. The molecule has 0 aliphatic carbocycles. The van der Waals surface area contributed by atoms with Gasteiger partial charge in [-0.25, -0.2) is 9.59 Å². The van der Waals surface area contributed by atoms with E-state index >= 15 is 0 Å². The Kier molecular flexibility index (Phi) is 20.0. The summed E-state index contributed by atoms with van der Waals surface area (Å²) in [5, 5.41) is 19.3.